The van der Waals surface area contributed by atoms with E-state index in [2.05, 4.69) is 55.5 Å². The molecule has 0 saturated carbocycles. The summed E-state index contributed by atoms with van der Waals surface area (Å²) in [6, 6.07) is 0.0847. The van der Waals surface area contributed by atoms with Crippen molar-refractivity contribution in [2.24, 2.45) is 0 Å². The highest BCUT2D eigenvalue weighted by atomic mass is 16.6. The Morgan fingerprint density at radius 3 is 2.67 bits per heavy atom. The van der Waals surface area contributed by atoms with E-state index in [-0.39, 0.29) is 30.0 Å². The number of anilines is 2. The summed E-state index contributed by atoms with van der Waals surface area (Å²) < 4.78 is 7.73. The van der Waals surface area contributed by atoms with Crippen molar-refractivity contribution in [3.05, 3.63) is 12.2 Å². The maximum atomic E-state index is 12.6. The summed E-state index contributed by atoms with van der Waals surface area (Å²) in [4.78, 5) is 30.3. The summed E-state index contributed by atoms with van der Waals surface area (Å²) in [7, 11) is 0. The van der Waals surface area contributed by atoms with Crippen molar-refractivity contribution in [2.75, 3.05) is 36.4 Å². The third-order valence-electron chi connectivity index (χ3n) is 8.46. The van der Waals surface area contributed by atoms with Gasteiger partial charge in [-0.3, -0.25) is 4.57 Å². The van der Waals surface area contributed by atoms with Crippen LogP contribution in [0, 0.1) is 0 Å². The van der Waals surface area contributed by atoms with E-state index in [4.69, 9.17) is 14.7 Å². The average molecular weight is 600 g/mol. The number of aromatic nitrogens is 8. The van der Waals surface area contributed by atoms with Gasteiger partial charge in [-0.1, -0.05) is 13.8 Å². The lowest BCUT2D eigenvalue weighted by atomic mass is 10.1. The number of carbonyl (C=O) groups is 1. The van der Waals surface area contributed by atoms with E-state index in [1.165, 1.54) is 11.1 Å². The highest BCUT2D eigenvalue weighted by Gasteiger charge is 2.47. The number of aryl methyl sites for hydroxylation is 1. The molecule has 3 aromatic heterocycles. The van der Waals surface area contributed by atoms with Gasteiger partial charge in [-0.05, 0) is 44.4 Å². The Labute approximate surface area is 248 Å². The first-order valence-corrected chi connectivity index (χ1v) is 15.2. The molecule has 3 fully saturated rings. The fourth-order valence-corrected chi connectivity index (χ4v) is 5.88. The highest BCUT2D eigenvalue weighted by molar-refractivity contribution is 5.84. The molecule has 3 saturated heterocycles. The second-order valence-corrected chi connectivity index (χ2v) is 11.4. The van der Waals surface area contributed by atoms with E-state index < -0.39 is 24.5 Å². The molecule has 17 heteroatoms. The fourth-order valence-electron chi connectivity index (χ4n) is 5.88. The first-order chi connectivity index (χ1) is 20.9. The van der Waals surface area contributed by atoms with Crippen LogP contribution < -0.4 is 26.2 Å². The lowest BCUT2D eigenvalue weighted by Gasteiger charge is -2.22. The summed E-state index contributed by atoms with van der Waals surface area (Å²) in [6.07, 6.45) is 0.446. The number of nitrogens with one attached hydrogen (secondary N) is 4. The molecule has 0 aromatic carbocycles. The lowest BCUT2D eigenvalue weighted by Crippen LogP contribution is -2.47. The number of amides is 2. The SMILES string of the molecule is CCC(CC)Nc1nc(N2CC[C@@H](NC(=O)N[C@H]3CCNC3)C2)nc2c1ncn2[C@@H]1O[C@H](c2nnn(CC)n2)[C@@H](O)[C@H]1O. The summed E-state index contributed by atoms with van der Waals surface area (Å²) in [5.74, 6) is 1.24. The molecule has 6 heterocycles. The predicted molar refractivity (Wildman–Crippen MR) is 155 cm³/mol. The van der Waals surface area contributed by atoms with Gasteiger partial charge >= 0.3 is 6.03 Å². The number of ether oxygens (including phenoxy) is 1. The first-order valence-electron chi connectivity index (χ1n) is 15.2. The monoisotopic (exact) mass is 599 g/mol. The zero-order chi connectivity index (χ0) is 30.1. The van der Waals surface area contributed by atoms with E-state index >= 15 is 0 Å². The molecule has 6 rings (SSSR count). The van der Waals surface area contributed by atoms with Crippen LogP contribution in [0.15, 0.2) is 6.33 Å². The smallest absolute Gasteiger partial charge is 0.315 e. The minimum Gasteiger partial charge on any atom is -0.387 e. The Bertz CT molecular complexity index is 1400. The number of tetrazole rings is 1. The number of nitrogens with zero attached hydrogens (tertiary/aromatic N) is 9. The van der Waals surface area contributed by atoms with Gasteiger partial charge in [-0.15, -0.1) is 10.2 Å². The van der Waals surface area contributed by atoms with Crippen LogP contribution in [0.25, 0.3) is 11.2 Å². The molecule has 0 aliphatic carbocycles. The Hall–Kier alpha value is -3.67. The maximum Gasteiger partial charge on any atom is 0.315 e. The van der Waals surface area contributed by atoms with Crippen LogP contribution in [0.3, 0.4) is 0 Å². The number of carbonyl (C=O) groups excluding carboxylic acids is 1. The number of urea groups is 1. The van der Waals surface area contributed by atoms with Gasteiger partial charge in [0.2, 0.25) is 11.8 Å². The van der Waals surface area contributed by atoms with E-state index in [0.29, 0.717) is 42.6 Å². The van der Waals surface area contributed by atoms with Crippen LogP contribution in [0.2, 0.25) is 0 Å². The van der Waals surface area contributed by atoms with Crippen molar-refractivity contribution in [3.8, 4) is 0 Å². The van der Waals surface area contributed by atoms with Crippen molar-refractivity contribution in [1.29, 1.82) is 0 Å². The Morgan fingerprint density at radius 2 is 1.95 bits per heavy atom. The van der Waals surface area contributed by atoms with Gasteiger partial charge in [-0.2, -0.15) is 14.8 Å². The third kappa shape index (κ3) is 5.93. The topological polar surface area (TPSA) is 205 Å². The lowest BCUT2D eigenvalue weighted by molar-refractivity contribution is -0.0384. The highest BCUT2D eigenvalue weighted by Crippen LogP contribution is 2.39. The zero-order valence-electron chi connectivity index (χ0n) is 24.7. The minimum atomic E-state index is -1.29. The number of imidazole rings is 1. The first kappa shape index (κ1) is 29.4. The summed E-state index contributed by atoms with van der Waals surface area (Å²) in [6.45, 7) is 9.49. The van der Waals surface area contributed by atoms with Gasteiger partial charge < -0.3 is 41.1 Å². The van der Waals surface area contributed by atoms with E-state index in [0.717, 1.165) is 38.8 Å². The molecule has 2 amide bonds. The Morgan fingerprint density at radius 1 is 1.14 bits per heavy atom. The molecule has 0 bridgehead atoms. The Kier molecular flexibility index (Phi) is 8.56. The van der Waals surface area contributed by atoms with Crippen LogP contribution in [0.1, 0.15) is 64.6 Å². The number of aliphatic hydroxyl groups is 2. The standard InChI is InChI=1S/C26H41N13O4/c1-4-14(5-2)29-21-17-23(33-25(32-21)37-10-8-16(12-37)31-26(42)30-15-7-9-27-11-15)38(13-28-17)24-19(41)18(40)20(43-24)22-34-36-39(6-3)35-22/h13-16,18-20,24,27,40-41H,4-12H2,1-3H3,(H,29,32,33)(H2,30,31,42)/t15-,16+,18-,19+,20-,24+/m0/s1. The van der Waals surface area contributed by atoms with Crippen molar-refractivity contribution >= 4 is 29.0 Å². The van der Waals surface area contributed by atoms with Gasteiger partial charge in [0.1, 0.15) is 12.2 Å². The largest absolute Gasteiger partial charge is 0.387 e. The molecule has 3 aliphatic heterocycles. The summed E-state index contributed by atoms with van der Waals surface area (Å²) in [5, 5.41) is 47.0. The van der Waals surface area contributed by atoms with Crippen molar-refractivity contribution in [2.45, 2.75) is 95.7 Å². The van der Waals surface area contributed by atoms with Crippen LogP contribution >= 0.6 is 0 Å². The molecule has 0 spiro atoms. The fraction of sp³-hybridized carbons (Fsp3) is 0.731. The molecule has 43 heavy (non-hydrogen) atoms. The molecule has 3 aliphatic rings. The zero-order valence-corrected chi connectivity index (χ0v) is 24.7. The van der Waals surface area contributed by atoms with E-state index in [9.17, 15) is 15.0 Å². The quantitative estimate of drug-likeness (QED) is 0.177. The second kappa shape index (κ2) is 12.5. The average Bonchev–Trinajstić information content (AvgIpc) is 3.84. The third-order valence-corrected chi connectivity index (χ3v) is 8.46. The van der Waals surface area contributed by atoms with Gasteiger partial charge in [-0.25, -0.2) is 9.78 Å². The molecular weight excluding hydrogens is 558 g/mol. The Balaban J connectivity index is 1.26. The number of rotatable bonds is 10. The van der Waals surface area contributed by atoms with Crippen molar-refractivity contribution in [1.82, 2.24) is 55.7 Å². The van der Waals surface area contributed by atoms with Gasteiger partial charge in [0.05, 0.1) is 12.9 Å². The van der Waals surface area contributed by atoms with Crippen molar-refractivity contribution in [3.63, 3.8) is 0 Å². The molecule has 6 N–H and O–H groups in total. The molecule has 0 radical (unpaired) electrons. The molecule has 17 nitrogen and oxygen atoms in total. The predicted octanol–water partition coefficient (Wildman–Crippen LogP) is -0.335. The molecule has 6 atom stereocenters. The van der Waals surface area contributed by atoms with E-state index in [1.807, 2.05) is 11.8 Å². The normalized spacial score (nSPS) is 27.4. The molecule has 0 unspecified atom stereocenters. The molecule has 234 valence electrons. The number of hydrogen-bond acceptors (Lipinski definition) is 13. The molecule has 3 aromatic rings. The van der Waals surface area contributed by atoms with Crippen LogP contribution in [0.4, 0.5) is 16.6 Å². The number of hydrogen-bond donors (Lipinski definition) is 6. The van der Waals surface area contributed by atoms with Crippen LogP contribution in [-0.4, -0.2) is 112 Å². The van der Waals surface area contributed by atoms with Crippen LogP contribution in [0.5, 0.6) is 0 Å². The molecular formula is C26H41N13O4. The number of aliphatic hydroxyl groups excluding tert-OH is 2. The maximum absolute atomic E-state index is 12.6. The summed E-state index contributed by atoms with van der Waals surface area (Å²) >= 11 is 0. The van der Waals surface area contributed by atoms with Gasteiger partial charge in [0, 0.05) is 37.8 Å². The minimum absolute atomic E-state index is 0.0612. The summed E-state index contributed by atoms with van der Waals surface area (Å²) in [5.41, 5.74) is 0.973. The number of fused-ring (bicyclic) bond motifs is 1. The van der Waals surface area contributed by atoms with Gasteiger partial charge in [0.15, 0.2) is 29.3 Å². The van der Waals surface area contributed by atoms with E-state index in [1.54, 1.807) is 4.57 Å². The van der Waals surface area contributed by atoms with Crippen LogP contribution in [-0.2, 0) is 11.3 Å². The second-order valence-electron chi connectivity index (χ2n) is 11.4. The van der Waals surface area contributed by atoms with Crippen molar-refractivity contribution < 1.29 is 19.7 Å². The van der Waals surface area contributed by atoms with Gasteiger partial charge in [0.25, 0.3) is 0 Å².